The van der Waals surface area contributed by atoms with Crippen LogP contribution in [0.2, 0.25) is 0 Å². The number of unbranched alkanes of at least 4 members (excludes halogenated alkanes) is 17. The van der Waals surface area contributed by atoms with E-state index in [0.29, 0.717) is 19.3 Å². The van der Waals surface area contributed by atoms with Crippen LogP contribution in [0.5, 0.6) is 0 Å². The Morgan fingerprint density at radius 1 is 0.426 bits per heavy atom. The quantitative estimate of drug-likeness (QED) is 0.0197. The van der Waals surface area contributed by atoms with Gasteiger partial charge in [0.15, 0.2) is 6.10 Å². The Bertz CT molecular complexity index is 1460. The van der Waals surface area contributed by atoms with Crippen LogP contribution in [0.15, 0.2) is 85.1 Å². The van der Waals surface area contributed by atoms with Crippen molar-refractivity contribution in [3.63, 3.8) is 0 Å². The molecule has 0 aromatic carbocycles. The van der Waals surface area contributed by atoms with Crippen molar-refractivity contribution in [1.29, 1.82) is 0 Å². The number of hydrogen-bond acceptors (Lipinski definition) is 10. The van der Waals surface area contributed by atoms with Crippen molar-refractivity contribution < 1.29 is 52.2 Å². The van der Waals surface area contributed by atoms with Gasteiger partial charge in [0.05, 0.1) is 19.8 Å². The van der Waals surface area contributed by atoms with Gasteiger partial charge in [-0.2, -0.15) is 0 Å². The standard InChI is InChI=1S/C56H95O11P/c1-4-7-10-13-16-19-22-25-26-29-30-33-36-39-42-45-54(58)63-49-53(67-56(60)47-44-41-38-35-32-28-24-21-18-15-12-9-6-3)51-65-68(61,62)64-50-52(48-57)66-55(59)46-43-40-37-34-31-27-23-20-17-14-11-8-5-2/h9,12,16,18-21,23,25-26,28,32,38,41,52-53,57H,4-8,10-11,13-15,17,22,24,27,29-31,33-37,39-40,42-51H2,1-3H3,(H,61,62)/b12-9-,19-16-,21-18-,23-20-,26-25-,32-28-,41-38-. The van der Waals surface area contributed by atoms with Crippen LogP contribution < -0.4 is 0 Å². The first kappa shape index (κ1) is 64.7. The number of phosphoric ester groups is 1. The number of carbonyl (C=O) groups is 3. The third-order valence-corrected chi connectivity index (χ3v) is 11.7. The first-order valence-electron chi connectivity index (χ1n) is 26.5. The Labute approximate surface area is 413 Å². The zero-order valence-corrected chi connectivity index (χ0v) is 43.7. The minimum absolute atomic E-state index is 0.0401. The van der Waals surface area contributed by atoms with Crippen molar-refractivity contribution in [2.75, 3.05) is 26.4 Å². The summed E-state index contributed by atoms with van der Waals surface area (Å²) in [5, 5.41) is 9.77. The Balaban J connectivity index is 4.84. The zero-order valence-electron chi connectivity index (χ0n) is 42.8. The SMILES string of the molecule is CC/C=C\C/C=C\C/C=C\C/C=C\CCC(=O)OC(COC(=O)CCCCCCC/C=C\C/C=C\CCCCC)COP(=O)(O)OCC(CO)OC(=O)CCCCCCC/C=C\CCCCCC. The zero-order chi connectivity index (χ0) is 49.9. The predicted molar refractivity (Wildman–Crippen MR) is 279 cm³/mol. The smallest absolute Gasteiger partial charge is 0.462 e. The number of aliphatic hydroxyl groups excluding tert-OH is 1. The summed E-state index contributed by atoms with van der Waals surface area (Å²) < 4.78 is 39.3. The molecule has 68 heavy (non-hydrogen) atoms. The summed E-state index contributed by atoms with van der Waals surface area (Å²) in [6, 6.07) is 0. The lowest BCUT2D eigenvalue weighted by atomic mass is 10.1. The van der Waals surface area contributed by atoms with Gasteiger partial charge in [0.1, 0.15) is 12.7 Å². The van der Waals surface area contributed by atoms with Gasteiger partial charge in [-0.05, 0) is 103 Å². The molecule has 0 spiro atoms. The molecule has 3 unspecified atom stereocenters. The summed E-state index contributed by atoms with van der Waals surface area (Å²) in [5.41, 5.74) is 0. The fourth-order valence-corrected chi connectivity index (χ4v) is 7.53. The summed E-state index contributed by atoms with van der Waals surface area (Å²) in [6.45, 7) is 4.36. The molecule has 0 aromatic heterocycles. The highest BCUT2D eigenvalue weighted by atomic mass is 31.2. The van der Waals surface area contributed by atoms with Crippen LogP contribution in [-0.4, -0.2) is 66.5 Å². The summed E-state index contributed by atoms with van der Waals surface area (Å²) >= 11 is 0. The molecule has 11 nitrogen and oxygen atoms in total. The average molecular weight is 975 g/mol. The van der Waals surface area contributed by atoms with Crippen LogP contribution in [0, 0.1) is 0 Å². The van der Waals surface area contributed by atoms with E-state index in [2.05, 4.69) is 93.7 Å². The third-order valence-electron chi connectivity index (χ3n) is 10.8. The summed E-state index contributed by atoms with van der Waals surface area (Å²) in [6.07, 6.45) is 55.7. The highest BCUT2D eigenvalue weighted by Crippen LogP contribution is 2.43. The number of hydrogen-bond donors (Lipinski definition) is 2. The van der Waals surface area contributed by atoms with E-state index in [9.17, 15) is 28.9 Å². The van der Waals surface area contributed by atoms with E-state index in [0.717, 1.165) is 109 Å². The first-order chi connectivity index (χ1) is 33.2. The van der Waals surface area contributed by atoms with Crippen LogP contribution >= 0.6 is 7.82 Å². The van der Waals surface area contributed by atoms with Gasteiger partial charge in [0.2, 0.25) is 0 Å². The van der Waals surface area contributed by atoms with Crippen LogP contribution in [-0.2, 0) is 42.2 Å². The number of rotatable bonds is 48. The van der Waals surface area contributed by atoms with Crippen molar-refractivity contribution in [2.45, 2.75) is 226 Å². The normalized spacial score (nSPS) is 14.1. The molecule has 0 rings (SSSR count). The molecule has 0 saturated heterocycles. The minimum atomic E-state index is -4.77. The molecule has 3 atom stereocenters. The van der Waals surface area contributed by atoms with Gasteiger partial charge in [-0.3, -0.25) is 23.4 Å². The highest BCUT2D eigenvalue weighted by molar-refractivity contribution is 7.47. The molecule has 12 heteroatoms. The Morgan fingerprint density at radius 3 is 1.31 bits per heavy atom. The second-order valence-corrected chi connectivity index (χ2v) is 18.8. The molecule has 2 N–H and O–H groups in total. The molecule has 390 valence electrons. The fourth-order valence-electron chi connectivity index (χ4n) is 6.75. The molecule has 0 bridgehead atoms. The molecule has 0 aromatic rings. The van der Waals surface area contributed by atoms with Gasteiger partial charge >= 0.3 is 25.7 Å². The number of carbonyl (C=O) groups excluding carboxylic acids is 3. The summed E-state index contributed by atoms with van der Waals surface area (Å²) in [7, 11) is -4.77. The van der Waals surface area contributed by atoms with Gasteiger partial charge in [-0.25, -0.2) is 4.57 Å². The molecule has 0 heterocycles. The van der Waals surface area contributed by atoms with Crippen molar-refractivity contribution in [3.05, 3.63) is 85.1 Å². The summed E-state index contributed by atoms with van der Waals surface area (Å²) in [5.74, 6) is -1.59. The van der Waals surface area contributed by atoms with E-state index in [1.807, 2.05) is 12.2 Å². The molecule has 0 fully saturated rings. The average Bonchev–Trinajstić information content (AvgIpc) is 3.32. The molecule has 0 aliphatic carbocycles. The van der Waals surface area contributed by atoms with Crippen molar-refractivity contribution >= 4 is 25.7 Å². The molecular formula is C56H95O11P. The second kappa shape index (κ2) is 50.1. The van der Waals surface area contributed by atoms with E-state index in [4.69, 9.17) is 23.3 Å². The predicted octanol–water partition coefficient (Wildman–Crippen LogP) is 15.1. The van der Waals surface area contributed by atoms with Crippen LogP contribution in [0.3, 0.4) is 0 Å². The Kier molecular flexibility index (Phi) is 47.6. The van der Waals surface area contributed by atoms with E-state index in [1.54, 1.807) is 0 Å². The number of phosphoric acid groups is 1. The summed E-state index contributed by atoms with van der Waals surface area (Å²) in [4.78, 5) is 48.3. The van der Waals surface area contributed by atoms with Crippen molar-refractivity contribution in [1.82, 2.24) is 0 Å². The topological polar surface area (TPSA) is 155 Å². The highest BCUT2D eigenvalue weighted by Gasteiger charge is 2.28. The molecule has 0 aliphatic rings. The third kappa shape index (κ3) is 47.7. The van der Waals surface area contributed by atoms with Gasteiger partial charge < -0.3 is 24.2 Å². The lowest BCUT2D eigenvalue weighted by Gasteiger charge is -2.21. The number of ether oxygens (including phenoxy) is 3. The van der Waals surface area contributed by atoms with Gasteiger partial charge in [0, 0.05) is 19.3 Å². The van der Waals surface area contributed by atoms with Crippen LogP contribution in [0.4, 0.5) is 0 Å². The molecule has 0 aliphatic heterocycles. The van der Waals surface area contributed by atoms with Crippen molar-refractivity contribution in [3.8, 4) is 0 Å². The van der Waals surface area contributed by atoms with Crippen LogP contribution in [0.25, 0.3) is 0 Å². The number of aliphatic hydroxyl groups is 1. The van der Waals surface area contributed by atoms with Gasteiger partial charge in [-0.1, -0.05) is 176 Å². The Hall–Kier alpha value is -3.34. The van der Waals surface area contributed by atoms with Gasteiger partial charge in [0.25, 0.3) is 0 Å². The van der Waals surface area contributed by atoms with Crippen LogP contribution in [0.1, 0.15) is 213 Å². The molecule has 0 saturated carbocycles. The second-order valence-electron chi connectivity index (χ2n) is 17.3. The van der Waals surface area contributed by atoms with E-state index >= 15 is 0 Å². The van der Waals surface area contributed by atoms with Crippen molar-refractivity contribution in [2.24, 2.45) is 0 Å². The largest absolute Gasteiger partial charge is 0.472 e. The van der Waals surface area contributed by atoms with E-state index < -0.39 is 57.8 Å². The monoisotopic (exact) mass is 975 g/mol. The van der Waals surface area contributed by atoms with E-state index in [1.165, 1.54) is 44.9 Å². The van der Waals surface area contributed by atoms with Gasteiger partial charge in [-0.15, -0.1) is 0 Å². The maximum atomic E-state index is 12.8. The number of allylic oxidation sites excluding steroid dienone is 14. The molecular weight excluding hydrogens is 880 g/mol. The number of esters is 3. The fraction of sp³-hybridized carbons (Fsp3) is 0.696. The van der Waals surface area contributed by atoms with E-state index in [-0.39, 0.29) is 25.9 Å². The maximum absolute atomic E-state index is 12.8. The molecule has 0 amide bonds. The Morgan fingerprint density at radius 2 is 0.794 bits per heavy atom. The maximum Gasteiger partial charge on any atom is 0.472 e. The first-order valence-corrected chi connectivity index (χ1v) is 28.0. The lowest BCUT2D eigenvalue weighted by molar-refractivity contribution is -0.161. The lowest BCUT2D eigenvalue weighted by Crippen LogP contribution is -2.30. The minimum Gasteiger partial charge on any atom is -0.462 e. The molecule has 0 radical (unpaired) electrons.